The van der Waals surface area contributed by atoms with Crippen LogP contribution in [-0.4, -0.2) is 21.2 Å². The topological polar surface area (TPSA) is 64.0 Å². The zero-order valence-electron chi connectivity index (χ0n) is 18.3. The van der Waals surface area contributed by atoms with Crippen molar-refractivity contribution < 1.29 is 9.18 Å². The third-order valence-corrected chi connectivity index (χ3v) is 6.17. The maximum absolute atomic E-state index is 14.6. The zero-order chi connectivity index (χ0) is 23.2. The smallest absolute Gasteiger partial charge is 0.266 e. The van der Waals surface area contributed by atoms with Crippen molar-refractivity contribution in [2.24, 2.45) is 0 Å². The van der Waals surface area contributed by atoms with Gasteiger partial charge in [-0.05, 0) is 54.8 Å². The van der Waals surface area contributed by atoms with Crippen LogP contribution in [0.4, 0.5) is 10.1 Å². The molecule has 1 heterocycles. The molecule has 7 heteroatoms. The van der Waals surface area contributed by atoms with Crippen molar-refractivity contribution in [3.8, 4) is 5.69 Å². The molecule has 0 atom stereocenters. The third kappa shape index (κ3) is 5.31. The van der Waals surface area contributed by atoms with E-state index in [1.165, 1.54) is 22.3 Å². The molecule has 0 fully saturated rings. The van der Waals surface area contributed by atoms with Crippen LogP contribution in [0.1, 0.15) is 25.3 Å². The fourth-order valence-corrected chi connectivity index (χ4v) is 4.32. The standard InChI is InChI=1S/C26H24FN3O2S/c1-2-3-8-18-13-15-19(16-14-18)28-24(31)17-33-26-29-22-11-6-4-9-20(22)25(32)30(26)23-12-7-5-10-21(23)27/h4-7,9-16H,2-3,8,17H2,1H3,(H,28,31). The van der Waals surface area contributed by atoms with Crippen LogP contribution in [0.3, 0.4) is 0 Å². The van der Waals surface area contributed by atoms with E-state index in [4.69, 9.17) is 0 Å². The van der Waals surface area contributed by atoms with Gasteiger partial charge in [-0.1, -0.05) is 61.5 Å². The molecular formula is C26H24FN3O2S. The number of thioether (sulfide) groups is 1. The predicted molar refractivity (Wildman–Crippen MR) is 132 cm³/mol. The minimum Gasteiger partial charge on any atom is -0.325 e. The number of hydrogen-bond donors (Lipinski definition) is 1. The number of unbranched alkanes of at least 4 members (excludes halogenated alkanes) is 1. The van der Waals surface area contributed by atoms with Crippen LogP contribution in [0.5, 0.6) is 0 Å². The van der Waals surface area contributed by atoms with Crippen LogP contribution >= 0.6 is 11.8 Å². The number of para-hydroxylation sites is 2. The first-order chi connectivity index (χ1) is 16.1. The Balaban J connectivity index is 1.57. The summed E-state index contributed by atoms with van der Waals surface area (Å²) < 4.78 is 15.8. The van der Waals surface area contributed by atoms with E-state index in [1.807, 2.05) is 24.3 Å². The molecule has 3 aromatic carbocycles. The molecule has 0 bridgehead atoms. The summed E-state index contributed by atoms with van der Waals surface area (Å²) in [5.74, 6) is -0.744. The number of rotatable bonds is 8. The van der Waals surface area contributed by atoms with Gasteiger partial charge in [0.2, 0.25) is 5.91 Å². The maximum atomic E-state index is 14.6. The molecule has 0 aliphatic rings. The number of carbonyl (C=O) groups is 1. The summed E-state index contributed by atoms with van der Waals surface area (Å²) in [5.41, 5.74) is 2.17. The molecule has 4 aromatic rings. The van der Waals surface area contributed by atoms with E-state index in [2.05, 4.69) is 17.2 Å². The van der Waals surface area contributed by atoms with Crippen LogP contribution in [0.15, 0.2) is 82.7 Å². The summed E-state index contributed by atoms with van der Waals surface area (Å²) in [5, 5.41) is 3.51. The van der Waals surface area contributed by atoms with Crippen molar-refractivity contribution in [2.75, 3.05) is 11.1 Å². The summed E-state index contributed by atoms with van der Waals surface area (Å²) in [6.07, 6.45) is 3.28. The Hall–Kier alpha value is -3.45. The number of hydrogen-bond acceptors (Lipinski definition) is 4. The van der Waals surface area contributed by atoms with Crippen molar-refractivity contribution in [2.45, 2.75) is 31.3 Å². The van der Waals surface area contributed by atoms with Gasteiger partial charge in [0.15, 0.2) is 5.16 Å². The molecule has 168 valence electrons. The van der Waals surface area contributed by atoms with Crippen molar-refractivity contribution in [1.29, 1.82) is 0 Å². The van der Waals surface area contributed by atoms with Crippen molar-refractivity contribution in [1.82, 2.24) is 9.55 Å². The summed E-state index contributed by atoms with van der Waals surface area (Å²) in [6, 6.07) is 20.8. The van der Waals surface area contributed by atoms with Gasteiger partial charge >= 0.3 is 0 Å². The lowest BCUT2D eigenvalue weighted by atomic mass is 10.1. The quantitative estimate of drug-likeness (QED) is 0.274. The van der Waals surface area contributed by atoms with Crippen LogP contribution < -0.4 is 10.9 Å². The van der Waals surface area contributed by atoms with E-state index >= 15 is 0 Å². The van der Waals surface area contributed by atoms with Crippen LogP contribution in [-0.2, 0) is 11.2 Å². The van der Waals surface area contributed by atoms with E-state index < -0.39 is 5.82 Å². The second kappa shape index (κ2) is 10.4. The molecule has 1 N–H and O–H groups in total. The molecule has 4 rings (SSSR count). The molecule has 0 aliphatic carbocycles. The Labute approximate surface area is 195 Å². The summed E-state index contributed by atoms with van der Waals surface area (Å²) >= 11 is 1.09. The lowest BCUT2D eigenvalue weighted by molar-refractivity contribution is -0.113. The highest BCUT2D eigenvalue weighted by molar-refractivity contribution is 7.99. The minimum atomic E-state index is -0.536. The molecule has 0 saturated heterocycles. The molecule has 0 unspecified atom stereocenters. The molecule has 0 aliphatic heterocycles. The average molecular weight is 462 g/mol. The molecule has 0 saturated carbocycles. The molecule has 0 spiro atoms. The number of anilines is 1. The van der Waals surface area contributed by atoms with Gasteiger partial charge in [-0.15, -0.1) is 0 Å². The van der Waals surface area contributed by atoms with Gasteiger partial charge in [0.1, 0.15) is 5.82 Å². The van der Waals surface area contributed by atoms with E-state index in [1.54, 1.807) is 36.4 Å². The first-order valence-corrected chi connectivity index (χ1v) is 11.8. The van der Waals surface area contributed by atoms with Crippen LogP contribution in [0.2, 0.25) is 0 Å². The monoisotopic (exact) mass is 461 g/mol. The number of nitrogens with one attached hydrogen (secondary N) is 1. The molecule has 5 nitrogen and oxygen atoms in total. The number of amides is 1. The minimum absolute atomic E-state index is 0.0246. The number of carbonyl (C=O) groups excluding carboxylic acids is 1. The normalized spacial score (nSPS) is 11.0. The number of aromatic nitrogens is 2. The Morgan fingerprint density at radius 1 is 1.03 bits per heavy atom. The van der Waals surface area contributed by atoms with Crippen molar-refractivity contribution in [3.05, 3.63) is 94.5 Å². The van der Waals surface area contributed by atoms with E-state index in [9.17, 15) is 14.0 Å². The number of aryl methyl sites for hydroxylation is 1. The fourth-order valence-electron chi connectivity index (χ4n) is 3.52. The van der Waals surface area contributed by atoms with Gasteiger partial charge in [-0.25, -0.2) is 9.37 Å². The van der Waals surface area contributed by atoms with Crippen molar-refractivity contribution >= 4 is 34.3 Å². The molecule has 1 aromatic heterocycles. The summed E-state index contributed by atoms with van der Waals surface area (Å²) in [4.78, 5) is 30.3. The first kappa shape index (κ1) is 22.7. The highest BCUT2D eigenvalue weighted by atomic mass is 32.2. The highest BCUT2D eigenvalue weighted by Crippen LogP contribution is 2.23. The maximum Gasteiger partial charge on any atom is 0.266 e. The second-order valence-corrected chi connectivity index (χ2v) is 8.58. The van der Waals surface area contributed by atoms with E-state index in [0.717, 1.165) is 31.0 Å². The molecule has 0 radical (unpaired) electrons. The predicted octanol–water partition coefficient (Wildman–Crippen LogP) is 5.60. The number of halogens is 1. The highest BCUT2D eigenvalue weighted by Gasteiger charge is 2.17. The summed E-state index contributed by atoms with van der Waals surface area (Å²) in [7, 11) is 0. The SMILES string of the molecule is CCCCc1ccc(NC(=O)CSc2nc3ccccc3c(=O)n2-c2ccccc2F)cc1. The number of fused-ring (bicyclic) bond motifs is 1. The zero-order valence-corrected chi connectivity index (χ0v) is 19.1. The van der Waals surface area contributed by atoms with Gasteiger partial charge in [-0.3, -0.25) is 14.2 Å². The van der Waals surface area contributed by atoms with Gasteiger partial charge in [0, 0.05) is 5.69 Å². The van der Waals surface area contributed by atoms with Gasteiger partial charge < -0.3 is 5.32 Å². The fraction of sp³-hybridized carbons (Fsp3) is 0.192. The van der Waals surface area contributed by atoms with E-state index in [0.29, 0.717) is 16.6 Å². The number of nitrogens with zero attached hydrogens (tertiary/aromatic N) is 2. The largest absolute Gasteiger partial charge is 0.325 e. The lowest BCUT2D eigenvalue weighted by Gasteiger charge is -2.14. The molecular weight excluding hydrogens is 437 g/mol. The van der Waals surface area contributed by atoms with E-state index in [-0.39, 0.29) is 28.1 Å². The number of benzene rings is 3. The Bertz CT molecular complexity index is 1340. The van der Waals surface area contributed by atoms with Gasteiger partial charge in [-0.2, -0.15) is 0 Å². The van der Waals surface area contributed by atoms with Crippen LogP contribution in [0.25, 0.3) is 16.6 Å². The third-order valence-electron chi connectivity index (χ3n) is 5.23. The molecule has 1 amide bonds. The second-order valence-electron chi connectivity index (χ2n) is 7.64. The van der Waals surface area contributed by atoms with Gasteiger partial charge in [0.25, 0.3) is 5.56 Å². The molecule has 33 heavy (non-hydrogen) atoms. The Kier molecular flexibility index (Phi) is 7.19. The summed E-state index contributed by atoms with van der Waals surface area (Å²) in [6.45, 7) is 2.16. The average Bonchev–Trinajstić information content (AvgIpc) is 2.83. The Morgan fingerprint density at radius 3 is 2.52 bits per heavy atom. The van der Waals surface area contributed by atoms with Gasteiger partial charge in [0.05, 0.1) is 22.3 Å². The lowest BCUT2D eigenvalue weighted by Crippen LogP contribution is -2.23. The van der Waals surface area contributed by atoms with Crippen molar-refractivity contribution in [3.63, 3.8) is 0 Å². The van der Waals surface area contributed by atoms with Crippen LogP contribution in [0, 0.1) is 5.82 Å². The Morgan fingerprint density at radius 2 is 1.76 bits per heavy atom. The first-order valence-electron chi connectivity index (χ1n) is 10.8.